The lowest BCUT2D eigenvalue weighted by molar-refractivity contribution is 0.0963. The largest absolute Gasteiger partial charge is 0.496 e. The summed E-state index contributed by atoms with van der Waals surface area (Å²) in [5, 5.41) is 19.4. The molecule has 1 aromatic carbocycles. The van der Waals surface area contributed by atoms with Gasteiger partial charge in [0.2, 0.25) is 0 Å². The van der Waals surface area contributed by atoms with E-state index >= 15 is 0 Å². The van der Waals surface area contributed by atoms with Crippen LogP contribution in [0.5, 0.6) is 5.75 Å². The summed E-state index contributed by atoms with van der Waals surface area (Å²) in [6.45, 7) is 8.49. The molecule has 186 valence electrons. The third-order valence-corrected chi connectivity index (χ3v) is 7.03. The van der Waals surface area contributed by atoms with Crippen LogP contribution in [0.15, 0.2) is 47.2 Å². The topological polar surface area (TPSA) is 92.5 Å². The monoisotopic (exact) mass is 475 g/mol. The highest BCUT2D eigenvalue weighted by Gasteiger charge is 2.32. The van der Waals surface area contributed by atoms with Crippen LogP contribution in [-0.4, -0.2) is 53.6 Å². The number of fused-ring (bicyclic) bond motifs is 1. The van der Waals surface area contributed by atoms with E-state index in [0.717, 1.165) is 55.7 Å². The van der Waals surface area contributed by atoms with Crippen molar-refractivity contribution in [2.24, 2.45) is 0 Å². The van der Waals surface area contributed by atoms with E-state index in [1.165, 1.54) is 24.0 Å². The van der Waals surface area contributed by atoms with Gasteiger partial charge < -0.3 is 15.0 Å². The average Bonchev–Trinajstić information content (AvgIpc) is 3.61. The van der Waals surface area contributed by atoms with Crippen LogP contribution in [0.1, 0.15) is 67.9 Å². The fourth-order valence-electron chi connectivity index (χ4n) is 4.73. The third kappa shape index (κ3) is 5.73. The number of carbonyl (C=O) groups is 1. The summed E-state index contributed by atoms with van der Waals surface area (Å²) in [6.07, 6.45) is 10.8. The van der Waals surface area contributed by atoms with E-state index in [1.54, 1.807) is 12.0 Å². The highest BCUT2D eigenvalue weighted by Crippen LogP contribution is 2.34. The van der Waals surface area contributed by atoms with Crippen LogP contribution in [0.25, 0.3) is 0 Å². The van der Waals surface area contributed by atoms with Crippen LogP contribution in [0.2, 0.25) is 0 Å². The molecule has 0 unspecified atom stereocenters. The first-order valence-electron chi connectivity index (χ1n) is 12.5. The van der Waals surface area contributed by atoms with Gasteiger partial charge in [-0.2, -0.15) is 0 Å². The van der Waals surface area contributed by atoms with Crippen molar-refractivity contribution in [3.63, 3.8) is 0 Å². The molecule has 35 heavy (non-hydrogen) atoms. The molecule has 0 bridgehead atoms. The molecule has 1 saturated heterocycles. The van der Waals surface area contributed by atoms with E-state index in [1.807, 2.05) is 51.1 Å². The number of methoxy groups -OCH3 is 1. The summed E-state index contributed by atoms with van der Waals surface area (Å²) in [7, 11) is 1.61. The Morgan fingerprint density at radius 3 is 2.54 bits per heavy atom. The van der Waals surface area contributed by atoms with E-state index in [0.29, 0.717) is 29.0 Å². The molecule has 2 fully saturated rings. The first-order valence-corrected chi connectivity index (χ1v) is 12.5. The third-order valence-electron chi connectivity index (χ3n) is 7.03. The van der Waals surface area contributed by atoms with Gasteiger partial charge in [0.05, 0.1) is 12.7 Å². The molecular weight excluding hydrogens is 438 g/mol. The van der Waals surface area contributed by atoms with Gasteiger partial charge in [-0.25, -0.2) is 0 Å². The molecule has 3 aliphatic rings. The minimum Gasteiger partial charge on any atom is -0.496 e. The SMILES string of the molecule is COc1cc2c(cc1C(=O)NC(/C=C\C=C(/C)C(=N)N1CCCC1=N)=C(C)C)CN(C1CC1)CC2. The summed E-state index contributed by atoms with van der Waals surface area (Å²) < 4.78 is 5.59. The van der Waals surface area contributed by atoms with Gasteiger partial charge in [0.1, 0.15) is 17.4 Å². The second kappa shape index (κ2) is 10.6. The molecule has 0 atom stereocenters. The van der Waals surface area contributed by atoms with Crippen molar-refractivity contribution in [1.29, 1.82) is 10.8 Å². The predicted octanol–water partition coefficient (Wildman–Crippen LogP) is 4.79. The number of likely N-dealkylation sites (tertiary alicyclic amines) is 1. The first-order chi connectivity index (χ1) is 16.8. The van der Waals surface area contributed by atoms with Gasteiger partial charge in [-0.1, -0.05) is 17.7 Å². The number of hydrogen-bond acceptors (Lipinski definition) is 5. The van der Waals surface area contributed by atoms with Crippen LogP contribution in [0, 0.1) is 10.8 Å². The zero-order chi connectivity index (χ0) is 25.1. The number of amides is 1. The standard InChI is InChI=1S/C28H37N5O2/c1-18(2)24(8-5-7-19(3)27(30)33-13-6-9-26(33)29)31-28(34)23-15-21-17-32(22-10-11-22)14-12-20(21)16-25(23)35-4/h5,7-8,15-16,22,29-30H,6,9-14,17H2,1-4H3,(H,31,34)/b8-5-,19-7+,29-26?,30-27?. The Bertz CT molecular complexity index is 1120. The van der Waals surface area contributed by atoms with Crippen LogP contribution in [0.4, 0.5) is 0 Å². The van der Waals surface area contributed by atoms with Crippen molar-refractivity contribution in [1.82, 2.24) is 15.1 Å². The van der Waals surface area contributed by atoms with Crippen LogP contribution >= 0.6 is 0 Å². The molecule has 1 amide bonds. The number of amidine groups is 2. The number of allylic oxidation sites excluding steroid dienone is 4. The van der Waals surface area contributed by atoms with Gasteiger partial charge in [0.25, 0.3) is 5.91 Å². The number of ether oxygens (including phenoxy) is 1. The molecule has 4 rings (SSSR count). The summed E-state index contributed by atoms with van der Waals surface area (Å²) in [4.78, 5) is 17.6. The van der Waals surface area contributed by atoms with Crippen LogP contribution in [0.3, 0.4) is 0 Å². The number of nitrogens with one attached hydrogen (secondary N) is 3. The maximum atomic E-state index is 13.3. The normalized spacial score (nSPS) is 18.6. The predicted molar refractivity (Wildman–Crippen MR) is 140 cm³/mol. The van der Waals surface area contributed by atoms with Gasteiger partial charge in [0.15, 0.2) is 0 Å². The smallest absolute Gasteiger partial charge is 0.259 e. The molecule has 1 aromatic rings. The Morgan fingerprint density at radius 1 is 1.14 bits per heavy atom. The van der Waals surface area contributed by atoms with Crippen molar-refractivity contribution in [2.75, 3.05) is 20.2 Å². The zero-order valence-electron chi connectivity index (χ0n) is 21.3. The minimum atomic E-state index is -0.187. The molecule has 3 N–H and O–H groups in total. The van der Waals surface area contributed by atoms with E-state index < -0.39 is 0 Å². The van der Waals surface area contributed by atoms with E-state index in [4.69, 9.17) is 15.6 Å². The van der Waals surface area contributed by atoms with Gasteiger partial charge in [-0.15, -0.1) is 0 Å². The Labute approximate surface area is 208 Å². The summed E-state index contributed by atoms with van der Waals surface area (Å²) >= 11 is 0. The molecule has 7 nitrogen and oxygen atoms in total. The fraction of sp³-hybridized carbons (Fsp3) is 0.464. The molecule has 7 heteroatoms. The lowest BCUT2D eigenvalue weighted by Gasteiger charge is -2.29. The van der Waals surface area contributed by atoms with Crippen molar-refractivity contribution in [3.05, 3.63) is 63.9 Å². The second-order valence-electron chi connectivity index (χ2n) is 9.90. The lowest BCUT2D eigenvalue weighted by atomic mass is 9.96. The molecule has 1 aliphatic carbocycles. The van der Waals surface area contributed by atoms with Gasteiger partial charge in [-0.05, 0) is 81.4 Å². The van der Waals surface area contributed by atoms with E-state index in [2.05, 4.69) is 10.2 Å². The fourth-order valence-corrected chi connectivity index (χ4v) is 4.73. The molecule has 0 aromatic heterocycles. The summed E-state index contributed by atoms with van der Waals surface area (Å²) in [5.41, 5.74) is 5.52. The summed E-state index contributed by atoms with van der Waals surface area (Å²) in [5.74, 6) is 1.28. The number of nitrogens with zero attached hydrogens (tertiary/aromatic N) is 2. The minimum absolute atomic E-state index is 0.187. The second-order valence-corrected chi connectivity index (χ2v) is 9.90. The number of carbonyl (C=O) groups excluding carboxylic acids is 1. The number of rotatable bonds is 7. The van der Waals surface area contributed by atoms with E-state index in [9.17, 15) is 4.79 Å². The van der Waals surface area contributed by atoms with E-state index in [-0.39, 0.29) is 5.91 Å². The zero-order valence-corrected chi connectivity index (χ0v) is 21.3. The highest BCUT2D eigenvalue weighted by molar-refractivity contribution is 6.07. The van der Waals surface area contributed by atoms with Crippen LogP contribution < -0.4 is 10.1 Å². The lowest BCUT2D eigenvalue weighted by Crippen LogP contribution is -2.33. The van der Waals surface area contributed by atoms with Crippen molar-refractivity contribution >= 4 is 17.6 Å². The Hall–Kier alpha value is -3.19. The van der Waals surface area contributed by atoms with Crippen molar-refractivity contribution in [2.45, 2.75) is 65.5 Å². The molecule has 0 spiro atoms. The average molecular weight is 476 g/mol. The van der Waals surface area contributed by atoms with Gasteiger partial charge in [-0.3, -0.25) is 20.5 Å². The number of hydrogen-bond donors (Lipinski definition) is 3. The van der Waals surface area contributed by atoms with Crippen molar-refractivity contribution < 1.29 is 9.53 Å². The molecule has 1 saturated carbocycles. The maximum absolute atomic E-state index is 13.3. The Morgan fingerprint density at radius 2 is 1.91 bits per heavy atom. The molecule has 2 aliphatic heterocycles. The van der Waals surface area contributed by atoms with Crippen LogP contribution in [-0.2, 0) is 13.0 Å². The first kappa shape index (κ1) is 24.9. The Balaban J connectivity index is 1.48. The molecule has 0 radical (unpaired) electrons. The molecular formula is C28H37N5O2. The molecule has 2 heterocycles. The quantitative estimate of drug-likeness (QED) is 0.300. The number of benzene rings is 1. The Kier molecular flexibility index (Phi) is 7.55. The summed E-state index contributed by atoms with van der Waals surface area (Å²) in [6, 6.07) is 4.74. The van der Waals surface area contributed by atoms with Gasteiger partial charge >= 0.3 is 0 Å². The maximum Gasteiger partial charge on any atom is 0.259 e. The highest BCUT2D eigenvalue weighted by atomic mass is 16.5. The van der Waals surface area contributed by atoms with Gasteiger partial charge in [0, 0.05) is 37.8 Å². The van der Waals surface area contributed by atoms with Crippen molar-refractivity contribution in [3.8, 4) is 5.75 Å².